The molecule has 236 valence electrons. The summed E-state index contributed by atoms with van der Waals surface area (Å²) >= 11 is 1.31. The van der Waals surface area contributed by atoms with Gasteiger partial charge in [-0.2, -0.15) is 29.0 Å². The van der Waals surface area contributed by atoms with Gasteiger partial charge in [0, 0.05) is 46.2 Å². The summed E-state index contributed by atoms with van der Waals surface area (Å²) in [5.74, 6) is 0.623. The molecule has 2 aromatic rings. The smallest absolute Gasteiger partial charge is 0.432 e. The van der Waals surface area contributed by atoms with Crippen LogP contribution in [0.15, 0.2) is 52.8 Å². The lowest BCUT2D eigenvalue weighted by molar-refractivity contribution is -0.236. The van der Waals surface area contributed by atoms with E-state index in [1.807, 2.05) is 30.4 Å². The van der Waals surface area contributed by atoms with Crippen molar-refractivity contribution in [2.75, 3.05) is 32.2 Å². The van der Waals surface area contributed by atoms with Crippen LogP contribution in [-0.2, 0) is 4.74 Å². The molecule has 1 aliphatic rings. The molecular formula is C34H35F3N4O3S. The first-order chi connectivity index (χ1) is 21.5. The van der Waals surface area contributed by atoms with E-state index >= 15 is 0 Å². The molecule has 0 radical (unpaired) electrons. The number of hydrogen-bond donors (Lipinski definition) is 0. The van der Waals surface area contributed by atoms with Crippen LogP contribution in [0.1, 0.15) is 61.8 Å². The average Bonchev–Trinajstić information content (AvgIpc) is 3.60. The minimum atomic E-state index is -4.92. The fourth-order valence-corrected chi connectivity index (χ4v) is 5.57. The molecule has 0 saturated carbocycles. The number of nitriles is 3. The van der Waals surface area contributed by atoms with Gasteiger partial charge in [-0.15, -0.1) is 11.3 Å². The van der Waals surface area contributed by atoms with Crippen molar-refractivity contribution in [3.8, 4) is 29.7 Å². The highest BCUT2D eigenvalue weighted by Crippen LogP contribution is 2.49. The van der Waals surface area contributed by atoms with Gasteiger partial charge < -0.3 is 19.1 Å². The fourth-order valence-electron chi connectivity index (χ4n) is 4.76. The number of hydrogen-bond acceptors (Lipinski definition) is 8. The molecular weight excluding hydrogens is 601 g/mol. The molecule has 1 unspecified atom stereocenters. The van der Waals surface area contributed by atoms with Gasteiger partial charge in [0.05, 0.1) is 19.8 Å². The van der Waals surface area contributed by atoms with Crippen LogP contribution in [0.2, 0.25) is 0 Å². The lowest BCUT2D eigenvalue weighted by Gasteiger charge is -2.28. The lowest BCUT2D eigenvalue weighted by atomic mass is 9.92. The summed E-state index contributed by atoms with van der Waals surface area (Å²) in [6.45, 7) is 6.96. The minimum absolute atomic E-state index is 0.484. The Hall–Kier alpha value is -4.66. The number of benzene rings is 1. The van der Waals surface area contributed by atoms with Crippen molar-refractivity contribution < 1.29 is 27.4 Å². The number of ether oxygens (including phenoxy) is 3. The molecule has 1 atom stereocenters. The van der Waals surface area contributed by atoms with Crippen LogP contribution in [0, 0.1) is 34.0 Å². The van der Waals surface area contributed by atoms with E-state index in [1.165, 1.54) is 29.6 Å². The summed E-state index contributed by atoms with van der Waals surface area (Å²) in [4.78, 5) is 3.76. The quantitative estimate of drug-likeness (QED) is 0.202. The van der Waals surface area contributed by atoms with Crippen molar-refractivity contribution in [1.82, 2.24) is 0 Å². The summed E-state index contributed by atoms with van der Waals surface area (Å²) in [5, 5.41) is 28.1. The Kier molecular flexibility index (Phi) is 11.9. The first kappa shape index (κ1) is 34.8. The van der Waals surface area contributed by atoms with Crippen molar-refractivity contribution in [3.63, 3.8) is 0 Å². The fraction of sp³-hybridized carbons (Fsp3) is 0.382. The van der Waals surface area contributed by atoms with Gasteiger partial charge in [0.1, 0.15) is 35.3 Å². The van der Waals surface area contributed by atoms with Crippen LogP contribution >= 0.6 is 11.3 Å². The van der Waals surface area contributed by atoms with E-state index in [-0.39, 0.29) is 0 Å². The highest BCUT2D eigenvalue weighted by molar-refractivity contribution is 7.13. The third kappa shape index (κ3) is 7.71. The molecule has 45 heavy (non-hydrogen) atoms. The number of unbranched alkanes of at least 4 members (excludes halogenated alkanes) is 2. The molecule has 0 N–H and O–H groups in total. The van der Waals surface area contributed by atoms with E-state index in [0.29, 0.717) is 16.4 Å². The number of methoxy groups -OCH3 is 2. The zero-order chi connectivity index (χ0) is 33.2. The second kappa shape index (κ2) is 15.4. The first-order valence-electron chi connectivity index (χ1n) is 14.4. The Balaban J connectivity index is 1.96. The zero-order valence-electron chi connectivity index (χ0n) is 25.9. The third-order valence-corrected chi connectivity index (χ3v) is 8.37. The average molecular weight is 637 g/mol. The monoisotopic (exact) mass is 636 g/mol. The topological polar surface area (TPSA) is 102 Å². The Bertz CT molecular complexity index is 1580. The first-order valence-corrected chi connectivity index (χ1v) is 15.3. The number of nitrogens with zero attached hydrogens (tertiary/aromatic N) is 4. The molecule has 2 heterocycles. The van der Waals surface area contributed by atoms with E-state index in [0.717, 1.165) is 67.9 Å². The summed E-state index contributed by atoms with van der Waals surface area (Å²) in [5.41, 5.74) is -2.84. The van der Waals surface area contributed by atoms with E-state index in [2.05, 4.69) is 18.7 Å². The molecule has 1 aliphatic heterocycles. The molecule has 0 aliphatic carbocycles. The summed E-state index contributed by atoms with van der Waals surface area (Å²) in [7, 11) is 3.21. The Morgan fingerprint density at radius 2 is 1.47 bits per heavy atom. The highest BCUT2D eigenvalue weighted by atomic mass is 32.1. The largest absolute Gasteiger partial charge is 0.496 e. The second-order valence-corrected chi connectivity index (χ2v) is 11.5. The van der Waals surface area contributed by atoms with Crippen LogP contribution in [0.5, 0.6) is 11.5 Å². The van der Waals surface area contributed by atoms with Crippen LogP contribution in [0.3, 0.4) is 0 Å². The molecule has 11 heteroatoms. The number of thiophene rings is 1. The summed E-state index contributed by atoms with van der Waals surface area (Å²) in [6, 6.07) is 12.2. The van der Waals surface area contributed by atoms with Crippen molar-refractivity contribution in [2.24, 2.45) is 0 Å². The van der Waals surface area contributed by atoms with Crippen LogP contribution < -0.4 is 14.4 Å². The van der Waals surface area contributed by atoms with Crippen molar-refractivity contribution in [1.29, 1.82) is 15.8 Å². The zero-order valence-corrected chi connectivity index (χ0v) is 26.7. The number of allylic oxidation sites excluding steroid dienone is 2. The number of alkyl halides is 3. The van der Waals surface area contributed by atoms with Gasteiger partial charge in [-0.25, -0.2) is 0 Å². The van der Waals surface area contributed by atoms with Crippen LogP contribution in [-0.4, -0.2) is 39.1 Å². The van der Waals surface area contributed by atoms with Gasteiger partial charge in [0.25, 0.3) is 0 Å². The van der Waals surface area contributed by atoms with Crippen molar-refractivity contribution in [3.05, 3.63) is 68.1 Å². The molecule has 7 nitrogen and oxygen atoms in total. The Morgan fingerprint density at radius 3 is 1.91 bits per heavy atom. The predicted molar refractivity (Wildman–Crippen MR) is 170 cm³/mol. The maximum Gasteiger partial charge on any atom is 0.432 e. The standard InChI is InChI=1S/C34H35F3N4O3S/c1-6-8-16-41(17-9-7-2)24-18-30(42-4)27(31(19-24)43-5)14-12-25-10-11-26(45-25)13-15-29-28(22-40)32(23(20-38)21-39)44-33(29,3)34(35,36)37/h10-15,18-19H,6-9,16-17H2,1-5H3/b14-12+,15-13+. The summed E-state index contributed by atoms with van der Waals surface area (Å²) < 4.78 is 58.9. The highest BCUT2D eigenvalue weighted by Gasteiger charge is 2.60. The van der Waals surface area contributed by atoms with Crippen LogP contribution in [0.25, 0.3) is 18.2 Å². The van der Waals surface area contributed by atoms with Crippen molar-refractivity contribution >= 4 is 35.3 Å². The Labute approximate surface area is 266 Å². The van der Waals surface area contributed by atoms with Gasteiger partial charge in [-0.3, -0.25) is 0 Å². The van der Waals surface area contributed by atoms with Crippen LogP contribution in [0.4, 0.5) is 18.9 Å². The van der Waals surface area contributed by atoms with E-state index < -0.39 is 34.3 Å². The molecule has 3 rings (SSSR count). The molecule has 1 aromatic carbocycles. The number of anilines is 1. The maximum atomic E-state index is 14.1. The minimum Gasteiger partial charge on any atom is -0.496 e. The Morgan fingerprint density at radius 1 is 0.933 bits per heavy atom. The third-order valence-electron chi connectivity index (χ3n) is 7.35. The summed E-state index contributed by atoms with van der Waals surface area (Å²) in [6.07, 6.45) is 5.72. The van der Waals surface area contributed by atoms with Gasteiger partial charge in [-0.1, -0.05) is 32.8 Å². The molecule has 0 spiro atoms. The van der Waals surface area contributed by atoms with Crippen molar-refractivity contribution in [2.45, 2.75) is 58.2 Å². The maximum absolute atomic E-state index is 14.1. The SMILES string of the molecule is CCCCN(CCCC)c1cc(OC)c(/C=C/c2ccc(/C=C/C3=C(C#N)C(=C(C#N)C#N)OC3(C)C(F)(F)F)s2)c(OC)c1. The molecule has 0 fully saturated rings. The van der Waals surface area contributed by atoms with Gasteiger partial charge in [0.2, 0.25) is 5.60 Å². The van der Waals surface area contributed by atoms with E-state index in [4.69, 9.17) is 14.2 Å². The predicted octanol–water partition coefficient (Wildman–Crippen LogP) is 8.83. The normalized spacial score (nSPS) is 16.4. The van der Waals surface area contributed by atoms with Gasteiger partial charge >= 0.3 is 6.18 Å². The molecule has 0 bridgehead atoms. The van der Waals surface area contributed by atoms with E-state index in [1.54, 1.807) is 26.4 Å². The van der Waals surface area contributed by atoms with Gasteiger partial charge in [-0.05, 0) is 50.1 Å². The molecule has 0 amide bonds. The lowest BCUT2D eigenvalue weighted by Crippen LogP contribution is -2.43. The number of halogens is 3. The molecule has 0 saturated heterocycles. The number of rotatable bonds is 13. The second-order valence-electron chi connectivity index (χ2n) is 10.3. The van der Waals surface area contributed by atoms with Gasteiger partial charge in [0.15, 0.2) is 11.3 Å². The van der Waals surface area contributed by atoms with E-state index in [9.17, 15) is 29.0 Å². The molecule has 1 aromatic heterocycles.